The number of hydrogen-bond acceptors (Lipinski definition) is 5. The Morgan fingerprint density at radius 3 is 2.48 bits per heavy atom. The summed E-state index contributed by atoms with van der Waals surface area (Å²) in [4.78, 5) is 16.7. The van der Waals surface area contributed by atoms with Gasteiger partial charge in [0.25, 0.3) is 5.91 Å². The molecule has 7 heteroatoms. The van der Waals surface area contributed by atoms with Crippen LogP contribution in [0.4, 0.5) is 11.4 Å². The van der Waals surface area contributed by atoms with Crippen LogP contribution in [0, 0.1) is 0 Å². The average molecular weight is 388 g/mol. The number of amides is 1. The number of carbonyl (C=O) groups excluding carboxylic acids is 1. The van der Waals surface area contributed by atoms with Crippen molar-refractivity contribution < 1.29 is 13.2 Å². The van der Waals surface area contributed by atoms with E-state index in [-0.39, 0.29) is 23.5 Å². The lowest BCUT2D eigenvalue weighted by Crippen LogP contribution is -2.35. The highest BCUT2D eigenvalue weighted by atomic mass is 32.2. The quantitative estimate of drug-likeness (QED) is 0.796. The molecule has 0 bridgehead atoms. The maximum absolute atomic E-state index is 12.5. The van der Waals surface area contributed by atoms with E-state index in [2.05, 4.69) is 47.7 Å². The van der Waals surface area contributed by atoms with Crippen molar-refractivity contribution in [2.45, 2.75) is 39.2 Å². The number of nitrogens with one attached hydrogen (secondary N) is 2. The molecule has 144 valence electrons. The van der Waals surface area contributed by atoms with Crippen LogP contribution in [0.2, 0.25) is 0 Å². The number of pyridine rings is 1. The van der Waals surface area contributed by atoms with Gasteiger partial charge >= 0.3 is 0 Å². The van der Waals surface area contributed by atoms with E-state index in [4.69, 9.17) is 0 Å². The Bertz CT molecular complexity index is 919. The fourth-order valence-corrected chi connectivity index (χ4v) is 5.03. The highest BCUT2D eigenvalue weighted by Crippen LogP contribution is 2.26. The lowest BCUT2D eigenvalue weighted by molar-refractivity contribution is 0.0941. The van der Waals surface area contributed by atoms with Crippen molar-refractivity contribution in [1.82, 2.24) is 10.3 Å². The molecule has 1 saturated heterocycles. The summed E-state index contributed by atoms with van der Waals surface area (Å²) in [5, 5.41) is 6.21. The van der Waals surface area contributed by atoms with E-state index in [0.29, 0.717) is 12.0 Å². The zero-order valence-corrected chi connectivity index (χ0v) is 16.5. The third kappa shape index (κ3) is 4.66. The molecule has 1 atom stereocenters. The Balaban J connectivity index is 1.77. The predicted octanol–water partition coefficient (Wildman–Crippen LogP) is 2.87. The van der Waals surface area contributed by atoms with Crippen molar-refractivity contribution in [2.75, 3.05) is 16.8 Å². The highest BCUT2D eigenvalue weighted by Gasteiger charge is 2.29. The minimum atomic E-state index is -3.03. The molecule has 1 aromatic carbocycles. The molecule has 1 amide bonds. The van der Waals surface area contributed by atoms with E-state index < -0.39 is 9.84 Å². The van der Waals surface area contributed by atoms with Crippen LogP contribution in [-0.2, 0) is 22.7 Å². The second-order valence-electron chi connectivity index (χ2n) is 6.82. The maximum atomic E-state index is 12.5. The van der Waals surface area contributed by atoms with E-state index in [1.807, 2.05) is 0 Å². The van der Waals surface area contributed by atoms with Crippen molar-refractivity contribution in [2.24, 2.45) is 0 Å². The van der Waals surface area contributed by atoms with Crippen LogP contribution in [0.3, 0.4) is 0 Å². The van der Waals surface area contributed by atoms with Crippen LogP contribution in [0.1, 0.15) is 41.8 Å². The fourth-order valence-electron chi connectivity index (χ4n) is 3.36. The number of anilines is 2. The normalized spacial score (nSPS) is 18.2. The Labute approximate surface area is 160 Å². The average Bonchev–Trinajstić information content (AvgIpc) is 3.00. The zero-order valence-electron chi connectivity index (χ0n) is 15.7. The van der Waals surface area contributed by atoms with E-state index in [1.54, 1.807) is 12.3 Å². The third-order valence-corrected chi connectivity index (χ3v) is 6.60. The molecule has 2 heterocycles. The Hall–Kier alpha value is -2.41. The van der Waals surface area contributed by atoms with E-state index in [9.17, 15) is 13.2 Å². The minimum absolute atomic E-state index is 0.00778. The molecule has 2 N–H and O–H groups in total. The molecule has 1 aromatic heterocycles. The van der Waals surface area contributed by atoms with E-state index in [0.717, 1.165) is 24.2 Å². The summed E-state index contributed by atoms with van der Waals surface area (Å²) in [6, 6.07) is 7.66. The second kappa shape index (κ2) is 8.08. The number of rotatable bonds is 6. The lowest BCUT2D eigenvalue weighted by atomic mass is 10.0. The molecule has 1 aliphatic heterocycles. The monoisotopic (exact) mass is 387 g/mol. The first-order valence-electron chi connectivity index (χ1n) is 9.26. The van der Waals surface area contributed by atoms with Gasteiger partial charge in [0.2, 0.25) is 0 Å². The number of carbonyl (C=O) groups is 1. The maximum Gasteiger partial charge on any atom is 0.253 e. The number of benzene rings is 1. The van der Waals surface area contributed by atoms with Crippen LogP contribution in [-0.4, -0.2) is 36.9 Å². The molecule has 0 radical (unpaired) electrons. The first-order valence-corrected chi connectivity index (χ1v) is 11.1. The van der Waals surface area contributed by atoms with Crippen molar-refractivity contribution in [3.05, 3.63) is 53.3 Å². The molecule has 1 aliphatic rings. The van der Waals surface area contributed by atoms with Crippen LogP contribution in [0.15, 0.2) is 36.7 Å². The fraction of sp³-hybridized carbons (Fsp3) is 0.400. The summed E-state index contributed by atoms with van der Waals surface area (Å²) in [5.74, 6) is -0.160. The van der Waals surface area contributed by atoms with Gasteiger partial charge in [0, 0.05) is 17.9 Å². The van der Waals surface area contributed by atoms with Gasteiger partial charge in [-0.25, -0.2) is 8.42 Å². The van der Waals surface area contributed by atoms with Crippen molar-refractivity contribution in [3.8, 4) is 0 Å². The Morgan fingerprint density at radius 1 is 1.19 bits per heavy atom. The van der Waals surface area contributed by atoms with Gasteiger partial charge in [-0.05, 0) is 36.5 Å². The van der Waals surface area contributed by atoms with Gasteiger partial charge in [0.15, 0.2) is 9.84 Å². The van der Waals surface area contributed by atoms with E-state index in [1.165, 1.54) is 17.3 Å². The smallest absolute Gasteiger partial charge is 0.253 e. The number of hydrogen-bond donors (Lipinski definition) is 2. The zero-order chi connectivity index (χ0) is 19.4. The van der Waals surface area contributed by atoms with Crippen molar-refractivity contribution in [3.63, 3.8) is 0 Å². The summed E-state index contributed by atoms with van der Waals surface area (Å²) in [7, 11) is -3.03. The molecule has 6 nitrogen and oxygen atoms in total. The molecular weight excluding hydrogens is 362 g/mol. The Morgan fingerprint density at radius 2 is 1.89 bits per heavy atom. The van der Waals surface area contributed by atoms with Gasteiger partial charge in [-0.15, -0.1) is 0 Å². The second-order valence-corrected chi connectivity index (χ2v) is 9.05. The number of nitrogens with zero attached hydrogens (tertiary/aromatic N) is 1. The number of aryl methyl sites for hydroxylation is 2. The van der Waals surface area contributed by atoms with E-state index >= 15 is 0 Å². The largest absolute Gasteiger partial charge is 0.354 e. The molecule has 1 fully saturated rings. The number of para-hydroxylation sites is 1. The van der Waals surface area contributed by atoms with Crippen LogP contribution < -0.4 is 10.6 Å². The van der Waals surface area contributed by atoms with Gasteiger partial charge in [0.1, 0.15) is 0 Å². The van der Waals surface area contributed by atoms with Gasteiger partial charge in [0.05, 0.1) is 29.0 Å². The predicted molar refractivity (Wildman–Crippen MR) is 107 cm³/mol. The summed E-state index contributed by atoms with van der Waals surface area (Å²) in [6.07, 6.45) is 5.45. The Kier molecular flexibility index (Phi) is 5.79. The topological polar surface area (TPSA) is 88.2 Å². The minimum Gasteiger partial charge on any atom is -0.354 e. The lowest BCUT2D eigenvalue weighted by Gasteiger charge is -2.16. The van der Waals surface area contributed by atoms with Crippen molar-refractivity contribution >= 4 is 27.1 Å². The molecule has 3 rings (SSSR count). The van der Waals surface area contributed by atoms with Crippen LogP contribution in [0.25, 0.3) is 0 Å². The molecule has 1 unspecified atom stereocenters. The molecule has 0 aliphatic carbocycles. The standard InChI is InChI=1S/C20H25N3O3S/c1-3-14-6-5-7-15(4-2)19(14)22-18-10-16(11-21-12-18)20(24)23-17-8-9-27(25,26)13-17/h5-7,10-12,17,22H,3-4,8-9,13H2,1-2H3,(H,23,24). The van der Waals surface area contributed by atoms with Gasteiger partial charge in [-0.2, -0.15) is 0 Å². The molecular formula is C20H25N3O3S. The number of sulfone groups is 1. The van der Waals surface area contributed by atoms with Gasteiger partial charge < -0.3 is 10.6 Å². The third-order valence-electron chi connectivity index (χ3n) is 4.84. The number of aromatic nitrogens is 1. The first kappa shape index (κ1) is 19.4. The summed E-state index contributed by atoms with van der Waals surface area (Å²) in [5.41, 5.74) is 4.62. The molecule has 27 heavy (non-hydrogen) atoms. The molecule has 2 aromatic rings. The SMILES string of the molecule is CCc1cccc(CC)c1Nc1cncc(C(=O)NC2CCS(=O)(=O)C2)c1. The molecule has 0 spiro atoms. The van der Waals surface area contributed by atoms with Gasteiger partial charge in [-0.3, -0.25) is 9.78 Å². The summed E-state index contributed by atoms with van der Waals surface area (Å²) in [6.45, 7) is 4.22. The molecule has 0 saturated carbocycles. The van der Waals surface area contributed by atoms with Crippen molar-refractivity contribution in [1.29, 1.82) is 0 Å². The summed E-state index contributed by atoms with van der Waals surface area (Å²) >= 11 is 0. The van der Waals surface area contributed by atoms with Crippen LogP contribution >= 0.6 is 0 Å². The first-order chi connectivity index (χ1) is 12.9. The van der Waals surface area contributed by atoms with Crippen LogP contribution in [0.5, 0.6) is 0 Å². The van der Waals surface area contributed by atoms with Gasteiger partial charge in [-0.1, -0.05) is 32.0 Å². The summed E-state index contributed by atoms with van der Waals surface area (Å²) < 4.78 is 23.1. The highest BCUT2D eigenvalue weighted by molar-refractivity contribution is 7.91.